The average Bonchev–Trinajstić information content (AvgIpc) is 3.41. The molecular weight excluding hydrogens is 390 g/mol. The van der Waals surface area contributed by atoms with E-state index in [1.54, 1.807) is 12.1 Å². The number of carbonyl (C=O) groups is 1. The number of hydrogen-bond donors (Lipinski definition) is 1. The van der Waals surface area contributed by atoms with Gasteiger partial charge in [0.15, 0.2) is 11.5 Å². The molecule has 5 rings (SSSR count). The second kappa shape index (κ2) is 7.48. The lowest BCUT2D eigenvalue weighted by Crippen LogP contribution is -2.13. The van der Waals surface area contributed by atoms with Gasteiger partial charge in [-0.25, -0.2) is 0 Å². The van der Waals surface area contributed by atoms with Gasteiger partial charge in [-0.05, 0) is 41.1 Å². The molecule has 0 aliphatic carbocycles. The van der Waals surface area contributed by atoms with E-state index in [0.717, 1.165) is 22.0 Å². The van der Waals surface area contributed by atoms with E-state index < -0.39 is 0 Å². The van der Waals surface area contributed by atoms with Gasteiger partial charge in [-0.3, -0.25) is 4.79 Å². The molecule has 0 spiro atoms. The van der Waals surface area contributed by atoms with Crippen molar-refractivity contribution in [3.8, 4) is 23.0 Å². The van der Waals surface area contributed by atoms with Crippen LogP contribution in [0.25, 0.3) is 22.2 Å². The smallest absolute Gasteiger partial charge is 0.277 e. The molecule has 0 saturated carbocycles. The zero-order valence-electron chi connectivity index (χ0n) is 15.1. The summed E-state index contributed by atoms with van der Waals surface area (Å²) in [7, 11) is 0. The second-order valence-electron chi connectivity index (χ2n) is 6.34. The van der Waals surface area contributed by atoms with Gasteiger partial charge in [-0.2, -0.15) is 0 Å². The molecule has 0 bridgehead atoms. The van der Waals surface area contributed by atoms with Crippen LogP contribution in [-0.2, 0) is 4.79 Å². The summed E-state index contributed by atoms with van der Waals surface area (Å²) in [5.74, 6) is 1.71. The number of anilines is 1. The minimum absolute atomic E-state index is 0.145. The van der Waals surface area contributed by atoms with E-state index in [2.05, 4.69) is 15.5 Å². The minimum atomic E-state index is -0.145. The van der Waals surface area contributed by atoms with Crippen molar-refractivity contribution in [2.24, 2.45) is 0 Å². The normalized spacial score (nSPS) is 12.3. The Morgan fingerprint density at radius 1 is 0.966 bits per heavy atom. The first-order valence-electron chi connectivity index (χ1n) is 8.89. The third-order valence-corrected chi connectivity index (χ3v) is 5.20. The lowest BCUT2D eigenvalue weighted by Gasteiger charge is -2.05. The summed E-state index contributed by atoms with van der Waals surface area (Å²) in [4.78, 5) is 12.3. The van der Waals surface area contributed by atoms with E-state index in [-0.39, 0.29) is 18.5 Å². The number of nitrogens with one attached hydrogen (secondary N) is 1. The molecule has 8 heteroatoms. The third-order valence-electron chi connectivity index (χ3n) is 4.39. The maximum atomic E-state index is 12.3. The van der Waals surface area contributed by atoms with Crippen LogP contribution in [0, 0.1) is 0 Å². The molecule has 1 N–H and O–H groups in total. The summed E-state index contributed by atoms with van der Waals surface area (Å²) in [6, 6.07) is 19.2. The highest BCUT2D eigenvalue weighted by Crippen LogP contribution is 2.36. The van der Waals surface area contributed by atoms with Gasteiger partial charge in [0.05, 0.1) is 5.75 Å². The monoisotopic (exact) mass is 405 g/mol. The summed E-state index contributed by atoms with van der Waals surface area (Å²) in [5.41, 5.74) is 1.48. The zero-order valence-corrected chi connectivity index (χ0v) is 15.9. The molecule has 1 amide bonds. The SMILES string of the molecule is O=C(CSc1nnc(-c2ccc3c(c2)OCO3)o1)Nc1ccc2ccccc2c1. The van der Waals surface area contributed by atoms with Gasteiger partial charge in [0.1, 0.15) is 0 Å². The molecule has 0 saturated heterocycles. The molecule has 1 aliphatic heterocycles. The fraction of sp³-hybridized carbons (Fsp3) is 0.0952. The number of amides is 1. The maximum Gasteiger partial charge on any atom is 0.277 e. The number of thioether (sulfide) groups is 1. The Bertz CT molecular complexity index is 1210. The summed E-state index contributed by atoms with van der Waals surface area (Å²) >= 11 is 1.18. The van der Waals surface area contributed by atoms with E-state index >= 15 is 0 Å². The van der Waals surface area contributed by atoms with Gasteiger partial charge in [-0.1, -0.05) is 42.1 Å². The quantitative estimate of drug-likeness (QED) is 0.494. The van der Waals surface area contributed by atoms with Crippen LogP contribution >= 0.6 is 11.8 Å². The number of rotatable bonds is 5. The molecule has 29 heavy (non-hydrogen) atoms. The number of fused-ring (bicyclic) bond motifs is 2. The van der Waals surface area contributed by atoms with Crippen molar-refractivity contribution >= 4 is 34.1 Å². The predicted octanol–water partition coefficient (Wildman–Crippen LogP) is 4.35. The topological polar surface area (TPSA) is 86.5 Å². The van der Waals surface area contributed by atoms with E-state index in [0.29, 0.717) is 22.6 Å². The van der Waals surface area contributed by atoms with E-state index in [9.17, 15) is 4.79 Å². The van der Waals surface area contributed by atoms with Crippen molar-refractivity contribution < 1.29 is 18.7 Å². The van der Waals surface area contributed by atoms with Gasteiger partial charge in [0, 0.05) is 11.3 Å². The van der Waals surface area contributed by atoms with Crippen molar-refractivity contribution in [3.63, 3.8) is 0 Å². The number of nitrogens with zero attached hydrogens (tertiary/aromatic N) is 2. The Balaban J connectivity index is 1.21. The van der Waals surface area contributed by atoms with Gasteiger partial charge in [-0.15, -0.1) is 10.2 Å². The molecule has 7 nitrogen and oxygen atoms in total. The van der Waals surface area contributed by atoms with Crippen LogP contribution in [0.15, 0.2) is 70.3 Å². The molecule has 144 valence electrons. The van der Waals surface area contributed by atoms with Gasteiger partial charge in [0.25, 0.3) is 5.22 Å². The van der Waals surface area contributed by atoms with Crippen molar-refractivity contribution in [2.75, 3.05) is 17.9 Å². The first-order chi connectivity index (χ1) is 14.2. The highest BCUT2D eigenvalue weighted by Gasteiger charge is 2.17. The van der Waals surface area contributed by atoms with Crippen LogP contribution in [0.3, 0.4) is 0 Å². The summed E-state index contributed by atoms with van der Waals surface area (Å²) in [6.07, 6.45) is 0. The van der Waals surface area contributed by atoms with Crippen molar-refractivity contribution in [1.82, 2.24) is 10.2 Å². The number of aromatic nitrogens is 2. The fourth-order valence-electron chi connectivity index (χ4n) is 3.01. The summed E-state index contributed by atoms with van der Waals surface area (Å²) < 4.78 is 16.3. The Morgan fingerprint density at radius 3 is 2.76 bits per heavy atom. The standard InChI is InChI=1S/C21H15N3O4S/c25-19(22-16-7-5-13-3-1-2-4-14(13)9-16)11-29-21-24-23-20(28-21)15-6-8-17-18(10-15)27-12-26-17/h1-10H,11-12H2,(H,22,25). The largest absolute Gasteiger partial charge is 0.454 e. The molecule has 2 heterocycles. The van der Waals surface area contributed by atoms with Crippen LogP contribution in [0.1, 0.15) is 0 Å². The molecule has 1 aromatic heterocycles. The Hall–Kier alpha value is -3.52. The van der Waals surface area contributed by atoms with E-state index in [4.69, 9.17) is 13.9 Å². The molecule has 0 unspecified atom stereocenters. The average molecular weight is 405 g/mol. The van der Waals surface area contributed by atoms with Gasteiger partial charge < -0.3 is 19.2 Å². The van der Waals surface area contributed by atoms with Crippen LogP contribution in [0.4, 0.5) is 5.69 Å². The van der Waals surface area contributed by atoms with E-state index in [1.165, 1.54) is 11.8 Å². The Kier molecular flexibility index (Phi) is 4.53. The van der Waals surface area contributed by atoms with Crippen LogP contribution in [-0.4, -0.2) is 28.7 Å². The Morgan fingerprint density at radius 2 is 1.83 bits per heavy atom. The highest BCUT2D eigenvalue weighted by atomic mass is 32.2. The number of ether oxygens (including phenoxy) is 2. The molecular formula is C21H15N3O4S. The summed E-state index contributed by atoms with van der Waals surface area (Å²) in [5, 5.41) is 13.5. The fourth-order valence-corrected chi connectivity index (χ4v) is 3.57. The van der Waals surface area contributed by atoms with Crippen LogP contribution in [0.5, 0.6) is 11.5 Å². The maximum absolute atomic E-state index is 12.3. The van der Waals surface area contributed by atoms with Crippen molar-refractivity contribution in [2.45, 2.75) is 5.22 Å². The lowest BCUT2D eigenvalue weighted by atomic mass is 10.1. The van der Waals surface area contributed by atoms with Gasteiger partial charge >= 0.3 is 0 Å². The first kappa shape index (κ1) is 17.6. The second-order valence-corrected chi connectivity index (χ2v) is 7.27. The van der Waals surface area contributed by atoms with Crippen molar-refractivity contribution in [1.29, 1.82) is 0 Å². The number of benzene rings is 3. The third kappa shape index (κ3) is 3.74. The minimum Gasteiger partial charge on any atom is -0.454 e. The Labute approximate surface area is 170 Å². The lowest BCUT2D eigenvalue weighted by molar-refractivity contribution is -0.113. The zero-order chi connectivity index (χ0) is 19.6. The molecule has 0 fully saturated rings. The molecule has 3 aromatic carbocycles. The molecule has 1 aliphatic rings. The predicted molar refractivity (Wildman–Crippen MR) is 109 cm³/mol. The first-order valence-corrected chi connectivity index (χ1v) is 9.88. The number of carbonyl (C=O) groups excluding carboxylic acids is 1. The van der Waals surface area contributed by atoms with E-state index in [1.807, 2.05) is 48.5 Å². The van der Waals surface area contributed by atoms with Crippen LogP contribution in [0.2, 0.25) is 0 Å². The summed E-state index contributed by atoms with van der Waals surface area (Å²) in [6.45, 7) is 0.204. The van der Waals surface area contributed by atoms with Crippen LogP contribution < -0.4 is 14.8 Å². The molecule has 0 radical (unpaired) electrons. The molecule has 0 atom stereocenters. The molecule has 4 aromatic rings. The van der Waals surface area contributed by atoms with Gasteiger partial charge in [0.2, 0.25) is 18.6 Å². The van der Waals surface area contributed by atoms with Crippen molar-refractivity contribution in [3.05, 3.63) is 60.7 Å². The number of hydrogen-bond acceptors (Lipinski definition) is 7. The highest BCUT2D eigenvalue weighted by molar-refractivity contribution is 7.99.